The second-order valence-corrected chi connectivity index (χ2v) is 14.4. The maximum atomic E-state index is 13.4. The molecule has 14 heteroatoms. The molecule has 0 unspecified atom stereocenters. The molecule has 1 atom stereocenters. The highest BCUT2D eigenvalue weighted by atomic mass is 32.2. The normalized spacial score (nSPS) is 16.6. The third-order valence-corrected chi connectivity index (χ3v) is 9.41. The van der Waals surface area contributed by atoms with Gasteiger partial charge < -0.3 is 29.5 Å². The van der Waals surface area contributed by atoms with E-state index in [2.05, 4.69) is 10.0 Å². The highest BCUT2D eigenvalue weighted by Gasteiger charge is 2.38. The van der Waals surface area contributed by atoms with Gasteiger partial charge in [0.05, 0.1) is 17.1 Å². The smallest absolute Gasteiger partial charge is 0.410 e. The lowest BCUT2D eigenvalue weighted by Gasteiger charge is -2.37. The largest absolute Gasteiger partial charge is 0.455 e. The summed E-state index contributed by atoms with van der Waals surface area (Å²) in [5.41, 5.74) is -0.206. The van der Waals surface area contributed by atoms with E-state index in [0.29, 0.717) is 57.1 Å². The predicted octanol–water partition coefficient (Wildman–Crippen LogP) is 4.08. The van der Waals surface area contributed by atoms with Crippen LogP contribution in [-0.2, 0) is 24.3 Å². The van der Waals surface area contributed by atoms with Gasteiger partial charge in [-0.2, -0.15) is 0 Å². The highest BCUT2D eigenvalue weighted by Crippen LogP contribution is 2.31. The van der Waals surface area contributed by atoms with Gasteiger partial charge in [0.2, 0.25) is 11.8 Å². The molecule has 2 N–H and O–H groups in total. The topological polar surface area (TPSA) is 155 Å². The number of piperazine rings is 1. The number of sulfonamides is 1. The van der Waals surface area contributed by atoms with Gasteiger partial charge in [-0.25, -0.2) is 13.2 Å². The van der Waals surface area contributed by atoms with Gasteiger partial charge in [0.15, 0.2) is 5.75 Å². The van der Waals surface area contributed by atoms with Crippen molar-refractivity contribution in [3.8, 4) is 11.5 Å². The van der Waals surface area contributed by atoms with Crippen LogP contribution in [-0.4, -0.2) is 97.8 Å². The molecule has 0 spiro atoms. The number of carbonyl (C=O) groups is 4. The molecule has 2 heterocycles. The first-order valence-electron chi connectivity index (χ1n) is 16.1. The standard InChI is InChI=1S/C35H41N5O8S/c1-35(2,3)48-34(44)39-22-20-38(21-23-39)33(43)29-13-9-19-40(29)31(41)24-36-32(42)25-15-17-27(18-16-25)49(45,46)37-28-12-7-8-14-30(28)47-26-10-5-4-6-11-26/h4-8,10-12,14-18,29,37H,9,13,19-24H2,1-3H3,(H,36,42)/t29-/m0/s1. The van der Waals surface area contributed by atoms with Crippen LogP contribution in [0.3, 0.4) is 0 Å². The summed E-state index contributed by atoms with van der Waals surface area (Å²) in [5.74, 6) is -0.269. The van der Waals surface area contributed by atoms with Crippen molar-refractivity contribution in [1.29, 1.82) is 0 Å². The predicted molar refractivity (Wildman–Crippen MR) is 182 cm³/mol. The van der Waals surface area contributed by atoms with E-state index in [1.54, 1.807) is 79.1 Å². The first-order chi connectivity index (χ1) is 23.3. The van der Waals surface area contributed by atoms with Crippen molar-refractivity contribution in [2.75, 3.05) is 44.0 Å². The molecule has 0 aromatic heterocycles. The van der Waals surface area contributed by atoms with E-state index in [-0.39, 0.29) is 28.6 Å². The first kappa shape index (κ1) is 35.2. The van der Waals surface area contributed by atoms with Gasteiger partial charge in [0, 0.05) is 38.3 Å². The number of hydrogen-bond donors (Lipinski definition) is 2. The number of likely N-dealkylation sites (tertiary alicyclic amines) is 1. The third kappa shape index (κ3) is 9.08. The van der Waals surface area contributed by atoms with Gasteiger partial charge in [0.25, 0.3) is 15.9 Å². The van der Waals surface area contributed by atoms with E-state index < -0.39 is 39.6 Å². The minimum Gasteiger partial charge on any atom is -0.455 e. The van der Waals surface area contributed by atoms with Gasteiger partial charge in [-0.05, 0) is 82.1 Å². The summed E-state index contributed by atoms with van der Waals surface area (Å²) >= 11 is 0. The molecule has 3 aromatic rings. The molecule has 3 aromatic carbocycles. The van der Waals surface area contributed by atoms with Crippen LogP contribution >= 0.6 is 0 Å². The summed E-state index contributed by atoms with van der Waals surface area (Å²) in [7, 11) is -4.03. The van der Waals surface area contributed by atoms with Crippen LogP contribution < -0.4 is 14.8 Å². The Balaban J connectivity index is 1.13. The summed E-state index contributed by atoms with van der Waals surface area (Å²) in [4.78, 5) is 56.4. The van der Waals surface area contributed by atoms with E-state index in [4.69, 9.17) is 9.47 Å². The molecule has 13 nitrogen and oxygen atoms in total. The second kappa shape index (κ2) is 15.0. The Kier molecular flexibility index (Phi) is 10.8. The molecule has 0 radical (unpaired) electrons. The molecule has 5 rings (SSSR count). The molecule has 2 aliphatic rings. The molecular weight excluding hydrogens is 650 g/mol. The number of ether oxygens (including phenoxy) is 2. The highest BCUT2D eigenvalue weighted by molar-refractivity contribution is 7.92. The lowest BCUT2D eigenvalue weighted by Crippen LogP contribution is -2.56. The van der Waals surface area contributed by atoms with Crippen LogP contribution in [0, 0.1) is 0 Å². The minimum absolute atomic E-state index is 0.0695. The van der Waals surface area contributed by atoms with E-state index in [1.165, 1.54) is 29.2 Å². The second-order valence-electron chi connectivity index (χ2n) is 12.8. The van der Waals surface area contributed by atoms with Gasteiger partial charge in [-0.15, -0.1) is 0 Å². The number of nitrogens with one attached hydrogen (secondary N) is 2. The van der Waals surface area contributed by atoms with Crippen molar-refractivity contribution in [3.05, 3.63) is 84.4 Å². The number of hydrogen-bond acceptors (Lipinski definition) is 8. The number of amides is 4. The summed E-state index contributed by atoms with van der Waals surface area (Å²) in [6.45, 7) is 6.80. The van der Waals surface area contributed by atoms with Crippen LogP contribution in [0.25, 0.3) is 0 Å². The monoisotopic (exact) mass is 691 g/mol. The van der Waals surface area contributed by atoms with Crippen LogP contribution in [0.2, 0.25) is 0 Å². The van der Waals surface area contributed by atoms with Crippen LogP contribution in [0.15, 0.2) is 83.8 Å². The van der Waals surface area contributed by atoms with Gasteiger partial charge >= 0.3 is 6.09 Å². The first-order valence-corrected chi connectivity index (χ1v) is 17.6. The summed E-state index contributed by atoms with van der Waals surface area (Å²) in [5, 5.41) is 2.59. The van der Waals surface area contributed by atoms with E-state index in [0.717, 1.165) is 0 Å². The Hall–Kier alpha value is -5.11. The molecular formula is C35H41N5O8S. The maximum Gasteiger partial charge on any atom is 0.410 e. The van der Waals surface area contributed by atoms with Crippen molar-refractivity contribution in [2.24, 2.45) is 0 Å². The fourth-order valence-corrected chi connectivity index (χ4v) is 6.64. The van der Waals surface area contributed by atoms with Gasteiger partial charge in [0.1, 0.15) is 17.4 Å². The number of benzene rings is 3. The fraction of sp³-hybridized carbons (Fsp3) is 0.371. The van der Waals surface area contributed by atoms with Crippen molar-refractivity contribution < 1.29 is 37.1 Å². The molecule has 0 bridgehead atoms. The summed E-state index contributed by atoms with van der Waals surface area (Å²) in [6.07, 6.45) is 0.745. The molecule has 2 saturated heterocycles. The summed E-state index contributed by atoms with van der Waals surface area (Å²) in [6, 6.07) is 20.3. The van der Waals surface area contributed by atoms with Crippen molar-refractivity contribution in [3.63, 3.8) is 0 Å². The van der Waals surface area contributed by atoms with Crippen molar-refractivity contribution in [2.45, 2.75) is 50.2 Å². The number of rotatable bonds is 9. The Morgan fingerprint density at radius 2 is 1.45 bits per heavy atom. The molecule has 260 valence electrons. The average Bonchev–Trinajstić information content (AvgIpc) is 3.58. The SMILES string of the molecule is CC(C)(C)OC(=O)N1CCN(C(=O)[C@@H]2CCCN2C(=O)CNC(=O)c2ccc(S(=O)(=O)Nc3ccccc3Oc3ccccc3)cc2)CC1. The zero-order valence-electron chi connectivity index (χ0n) is 27.8. The number of para-hydroxylation sites is 3. The Morgan fingerprint density at radius 3 is 2.12 bits per heavy atom. The number of anilines is 1. The molecule has 2 aliphatic heterocycles. The lowest BCUT2D eigenvalue weighted by molar-refractivity contribution is -0.144. The van der Waals surface area contributed by atoms with Crippen LogP contribution in [0.1, 0.15) is 44.0 Å². The molecule has 0 saturated carbocycles. The van der Waals surface area contributed by atoms with E-state index in [9.17, 15) is 27.6 Å². The molecule has 49 heavy (non-hydrogen) atoms. The number of nitrogens with zero attached hydrogens (tertiary/aromatic N) is 3. The fourth-order valence-electron chi connectivity index (χ4n) is 5.57. The third-order valence-electron chi connectivity index (χ3n) is 8.03. The average molecular weight is 692 g/mol. The van der Waals surface area contributed by atoms with E-state index in [1.807, 2.05) is 6.07 Å². The van der Waals surface area contributed by atoms with Crippen LogP contribution in [0.5, 0.6) is 11.5 Å². The zero-order valence-corrected chi connectivity index (χ0v) is 28.6. The lowest BCUT2D eigenvalue weighted by atomic mass is 10.1. The Labute approximate surface area is 286 Å². The van der Waals surface area contributed by atoms with Crippen molar-refractivity contribution >= 4 is 39.5 Å². The minimum atomic E-state index is -4.03. The van der Waals surface area contributed by atoms with Gasteiger partial charge in [-0.1, -0.05) is 30.3 Å². The quantitative estimate of drug-likeness (QED) is 0.340. The molecule has 4 amide bonds. The Bertz CT molecular complexity index is 1770. The number of carbonyl (C=O) groups excluding carboxylic acids is 4. The molecule has 0 aliphatic carbocycles. The van der Waals surface area contributed by atoms with Crippen molar-refractivity contribution in [1.82, 2.24) is 20.0 Å². The van der Waals surface area contributed by atoms with Crippen LogP contribution in [0.4, 0.5) is 10.5 Å². The zero-order chi connectivity index (χ0) is 35.2. The van der Waals surface area contributed by atoms with E-state index >= 15 is 0 Å². The molecule has 2 fully saturated rings. The summed E-state index contributed by atoms with van der Waals surface area (Å²) < 4.78 is 40.2. The Morgan fingerprint density at radius 1 is 0.816 bits per heavy atom. The maximum absolute atomic E-state index is 13.4. The van der Waals surface area contributed by atoms with Gasteiger partial charge in [-0.3, -0.25) is 19.1 Å².